The molecule has 1 amide bonds. The fourth-order valence-electron chi connectivity index (χ4n) is 2.47. The van der Waals surface area contributed by atoms with Crippen molar-refractivity contribution in [2.75, 3.05) is 18.8 Å². The second-order valence-electron chi connectivity index (χ2n) is 5.46. The Hall–Kier alpha value is -1.66. The van der Waals surface area contributed by atoms with Gasteiger partial charge in [-0.25, -0.2) is 0 Å². The summed E-state index contributed by atoms with van der Waals surface area (Å²) < 4.78 is 0. The third-order valence-electron chi connectivity index (χ3n) is 3.46. The van der Waals surface area contributed by atoms with Gasteiger partial charge in [-0.3, -0.25) is 9.69 Å². The summed E-state index contributed by atoms with van der Waals surface area (Å²) in [7, 11) is 0. The van der Waals surface area contributed by atoms with Crippen LogP contribution < -0.4 is 5.32 Å². The average molecular weight is 332 g/mol. The molecule has 23 heavy (non-hydrogen) atoms. The number of hydrogen-bond acceptors (Lipinski definition) is 5. The molecule has 1 N–H and O–H groups in total. The van der Waals surface area contributed by atoms with Gasteiger partial charge in [0.2, 0.25) is 5.91 Å². The van der Waals surface area contributed by atoms with E-state index in [1.54, 1.807) is 6.21 Å². The summed E-state index contributed by atoms with van der Waals surface area (Å²) in [6.45, 7) is 7.54. The number of carbonyl (C=O) groups is 1. The van der Waals surface area contributed by atoms with E-state index in [2.05, 4.69) is 52.5 Å². The van der Waals surface area contributed by atoms with Crippen LogP contribution in [0.25, 0.3) is 0 Å². The van der Waals surface area contributed by atoms with Crippen LogP contribution in [0.5, 0.6) is 0 Å². The minimum atomic E-state index is -0.0147. The molecule has 1 saturated heterocycles. The van der Waals surface area contributed by atoms with Crippen molar-refractivity contribution in [3.8, 4) is 0 Å². The Kier molecular flexibility index (Phi) is 7.29. The van der Waals surface area contributed by atoms with Gasteiger partial charge in [0.15, 0.2) is 5.17 Å². The molecule has 6 heteroatoms. The van der Waals surface area contributed by atoms with E-state index < -0.39 is 0 Å². The van der Waals surface area contributed by atoms with Gasteiger partial charge in [-0.15, -0.1) is 5.10 Å². The molecule has 0 spiro atoms. The molecule has 0 saturated carbocycles. The number of rotatable bonds is 8. The summed E-state index contributed by atoms with van der Waals surface area (Å²) in [5, 5.41) is 11.4. The van der Waals surface area contributed by atoms with E-state index in [-0.39, 0.29) is 5.91 Å². The molecule has 1 aliphatic heterocycles. The third-order valence-corrected chi connectivity index (χ3v) is 4.32. The first-order chi connectivity index (χ1) is 11.2. The van der Waals surface area contributed by atoms with Crippen LogP contribution in [-0.4, -0.2) is 41.0 Å². The van der Waals surface area contributed by atoms with Gasteiger partial charge in [-0.1, -0.05) is 49.9 Å². The number of amides is 1. The second kappa shape index (κ2) is 9.47. The maximum Gasteiger partial charge on any atom is 0.236 e. The maximum absolute atomic E-state index is 11.1. The highest BCUT2D eigenvalue weighted by Crippen LogP contribution is 2.12. The summed E-state index contributed by atoms with van der Waals surface area (Å²) >= 11 is 1.38. The van der Waals surface area contributed by atoms with E-state index in [0.29, 0.717) is 10.9 Å². The van der Waals surface area contributed by atoms with Crippen molar-refractivity contribution >= 4 is 29.1 Å². The van der Waals surface area contributed by atoms with Crippen LogP contribution in [0.15, 0.2) is 34.5 Å². The van der Waals surface area contributed by atoms with Crippen molar-refractivity contribution in [3.63, 3.8) is 0 Å². The summed E-state index contributed by atoms with van der Waals surface area (Å²) in [5.74, 6) is 0.410. The fraction of sp³-hybridized carbons (Fsp3) is 0.471. The van der Waals surface area contributed by atoms with Gasteiger partial charge in [0.1, 0.15) is 0 Å². The van der Waals surface area contributed by atoms with Crippen LogP contribution in [-0.2, 0) is 11.3 Å². The van der Waals surface area contributed by atoms with Crippen molar-refractivity contribution in [2.45, 2.75) is 33.2 Å². The maximum atomic E-state index is 11.1. The molecule has 0 unspecified atom stereocenters. The molecule has 2 rings (SSSR count). The zero-order chi connectivity index (χ0) is 16.5. The van der Waals surface area contributed by atoms with Gasteiger partial charge in [-0.2, -0.15) is 5.10 Å². The lowest BCUT2D eigenvalue weighted by Crippen LogP contribution is -2.25. The van der Waals surface area contributed by atoms with Crippen LogP contribution in [0.4, 0.5) is 0 Å². The van der Waals surface area contributed by atoms with E-state index >= 15 is 0 Å². The molecule has 0 aromatic heterocycles. The Morgan fingerprint density at radius 3 is 2.65 bits per heavy atom. The average Bonchev–Trinajstić information content (AvgIpc) is 2.95. The Balaban J connectivity index is 2.06. The molecule has 5 nitrogen and oxygen atoms in total. The minimum Gasteiger partial charge on any atom is -0.303 e. The fourth-order valence-corrected chi connectivity index (χ4v) is 3.10. The molecule has 1 aromatic rings. The summed E-state index contributed by atoms with van der Waals surface area (Å²) in [4.78, 5) is 13.6. The van der Waals surface area contributed by atoms with Gasteiger partial charge in [0.25, 0.3) is 0 Å². The molecule has 1 heterocycles. The first-order valence-corrected chi connectivity index (χ1v) is 9.05. The Morgan fingerprint density at radius 2 is 2.00 bits per heavy atom. The Labute approximate surface area is 142 Å². The molecule has 0 aliphatic carbocycles. The normalized spacial score (nSPS) is 16.7. The summed E-state index contributed by atoms with van der Waals surface area (Å²) in [5.41, 5.74) is 2.32. The van der Waals surface area contributed by atoms with Crippen molar-refractivity contribution in [1.29, 1.82) is 0 Å². The third kappa shape index (κ3) is 5.80. The number of thioether (sulfide) groups is 1. The molecule has 1 aliphatic rings. The topological polar surface area (TPSA) is 57.1 Å². The standard InChI is InChI=1S/C17H24N4OS/c1-3-9-21(10-4-2)12-15-8-6-5-7-14(15)11-18-20-17-19-16(22)13-23-17/h5-8,11H,3-4,9-10,12-13H2,1-2H3,(H,19,20,22). The molecule has 0 atom stereocenters. The van der Waals surface area contributed by atoms with Gasteiger partial charge in [-0.05, 0) is 37.1 Å². The van der Waals surface area contributed by atoms with Crippen LogP contribution in [0.1, 0.15) is 37.8 Å². The van der Waals surface area contributed by atoms with Crippen LogP contribution in [0, 0.1) is 0 Å². The highest BCUT2D eigenvalue weighted by Gasteiger charge is 2.16. The monoisotopic (exact) mass is 332 g/mol. The van der Waals surface area contributed by atoms with Gasteiger partial charge < -0.3 is 5.32 Å². The molecule has 124 valence electrons. The molecule has 1 fully saturated rings. The van der Waals surface area contributed by atoms with Crippen LogP contribution in [0.3, 0.4) is 0 Å². The Bertz CT molecular complexity index is 580. The van der Waals surface area contributed by atoms with E-state index in [1.165, 1.54) is 17.3 Å². The lowest BCUT2D eigenvalue weighted by Gasteiger charge is -2.21. The summed E-state index contributed by atoms with van der Waals surface area (Å²) in [6.07, 6.45) is 4.07. The zero-order valence-corrected chi connectivity index (χ0v) is 14.6. The van der Waals surface area contributed by atoms with Crippen LogP contribution >= 0.6 is 11.8 Å². The lowest BCUT2D eigenvalue weighted by atomic mass is 10.1. The van der Waals surface area contributed by atoms with Crippen LogP contribution in [0.2, 0.25) is 0 Å². The SMILES string of the molecule is CCCN(CCC)Cc1ccccc1C=NN=C1NC(=O)CS1. The highest BCUT2D eigenvalue weighted by atomic mass is 32.2. The number of hydrogen-bond donors (Lipinski definition) is 1. The smallest absolute Gasteiger partial charge is 0.236 e. The Morgan fingerprint density at radius 1 is 1.26 bits per heavy atom. The van der Waals surface area contributed by atoms with E-state index in [9.17, 15) is 4.79 Å². The largest absolute Gasteiger partial charge is 0.303 e. The van der Waals surface area contributed by atoms with Gasteiger partial charge >= 0.3 is 0 Å². The molecule has 0 radical (unpaired) electrons. The first kappa shape index (κ1) is 17.7. The lowest BCUT2D eigenvalue weighted by molar-refractivity contribution is -0.116. The minimum absolute atomic E-state index is 0.0147. The number of nitrogens with zero attached hydrogens (tertiary/aromatic N) is 3. The highest BCUT2D eigenvalue weighted by molar-refractivity contribution is 8.15. The molecule has 1 aromatic carbocycles. The summed E-state index contributed by atoms with van der Waals surface area (Å²) in [6, 6.07) is 8.25. The van der Waals surface area contributed by atoms with Crippen molar-refractivity contribution in [3.05, 3.63) is 35.4 Å². The van der Waals surface area contributed by atoms with E-state index in [0.717, 1.165) is 38.0 Å². The van der Waals surface area contributed by atoms with E-state index in [4.69, 9.17) is 0 Å². The second-order valence-corrected chi connectivity index (χ2v) is 6.43. The molecular formula is C17H24N4OS. The first-order valence-electron chi connectivity index (χ1n) is 8.06. The quantitative estimate of drug-likeness (QED) is 0.588. The van der Waals surface area contributed by atoms with Crippen molar-refractivity contribution in [1.82, 2.24) is 10.2 Å². The molecule has 0 bridgehead atoms. The van der Waals surface area contributed by atoms with E-state index in [1.807, 2.05) is 6.07 Å². The number of nitrogens with one attached hydrogen (secondary N) is 1. The zero-order valence-electron chi connectivity index (χ0n) is 13.8. The number of benzene rings is 1. The predicted molar refractivity (Wildman–Crippen MR) is 97.9 cm³/mol. The molecular weight excluding hydrogens is 308 g/mol. The predicted octanol–water partition coefficient (Wildman–Crippen LogP) is 2.86. The van der Waals surface area contributed by atoms with Crippen molar-refractivity contribution < 1.29 is 4.79 Å². The van der Waals surface area contributed by atoms with Gasteiger partial charge in [0, 0.05) is 6.54 Å². The van der Waals surface area contributed by atoms with Gasteiger partial charge in [0.05, 0.1) is 12.0 Å². The number of amidine groups is 1. The number of carbonyl (C=O) groups excluding carboxylic acids is 1. The van der Waals surface area contributed by atoms with Crippen molar-refractivity contribution in [2.24, 2.45) is 10.2 Å².